The first-order valence-corrected chi connectivity index (χ1v) is 9.65. The molecule has 0 radical (unpaired) electrons. The fourth-order valence-corrected chi connectivity index (χ4v) is 3.19. The van der Waals surface area contributed by atoms with Gasteiger partial charge in [-0.3, -0.25) is 0 Å². The third kappa shape index (κ3) is 5.35. The molecular weight excluding hydrogens is 442 g/mol. The van der Waals surface area contributed by atoms with E-state index in [1.54, 1.807) is 0 Å². The Morgan fingerprint density at radius 1 is 0.880 bits per heavy atom. The molecule has 0 atom stereocenters. The van der Waals surface area contributed by atoms with Crippen LogP contribution in [-0.4, -0.2) is 0 Å². The van der Waals surface area contributed by atoms with E-state index < -0.39 is 0 Å². The lowest BCUT2D eigenvalue weighted by atomic mass is 10.1. The number of nitrogens with one attached hydrogen (secondary N) is 1. The van der Waals surface area contributed by atoms with Crippen molar-refractivity contribution in [3.8, 4) is 5.75 Å². The van der Waals surface area contributed by atoms with Crippen LogP contribution in [0.2, 0.25) is 0 Å². The number of hydrogen-bond donors (Lipinski definition) is 1. The molecule has 0 saturated heterocycles. The van der Waals surface area contributed by atoms with Crippen molar-refractivity contribution < 1.29 is 4.74 Å². The second-order valence-electron chi connectivity index (χ2n) is 5.89. The van der Waals surface area contributed by atoms with Crippen LogP contribution in [0.4, 0.5) is 5.69 Å². The van der Waals surface area contributed by atoms with E-state index in [0.29, 0.717) is 13.2 Å². The molecule has 0 spiro atoms. The van der Waals surface area contributed by atoms with Crippen LogP contribution in [0.3, 0.4) is 0 Å². The van der Waals surface area contributed by atoms with E-state index in [0.717, 1.165) is 31.5 Å². The van der Waals surface area contributed by atoms with E-state index in [-0.39, 0.29) is 0 Å². The Labute approximate surface area is 165 Å². The van der Waals surface area contributed by atoms with Crippen molar-refractivity contribution in [2.75, 3.05) is 5.32 Å². The van der Waals surface area contributed by atoms with E-state index >= 15 is 0 Å². The standard InChI is InChI=1S/C21H19Br2NO/c1-15-3-2-4-20(11-15)24-13-17-12-19(23)9-10-21(17)25-14-16-5-7-18(22)8-6-16/h2-12,24H,13-14H2,1H3. The van der Waals surface area contributed by atoms with Crippen LogP contribution in [0, 0.1) is 6.92 Å². The zero-order valence-electron chi connectivity index (χ0n) is 13.9. The highest BCUT2D eigenvalue weighted by Crippen LogP contribution is 2.25. The number of anilines is 1. The third-order valence-corrected chi connectivity index (χ3v) is 4.85. The van der Waals surface area contributed by atoms with Crippen LogP contribution < -0.4 is 10.1 Å². The van der Waals surface area contributed by atoms with Crippen molar-refractivity contribution >= 4 is 37.5 Å². The number of halogens is 2. The molecule has 0 amide bonds. The summed E-state index contributed by atoms with van der Waals surface area (Å²) in [6.45, 7) is 3.35. The fraction of sp³-hybridized carbons (Fsp3) is 0.143. The van der Waals surface area contributed by atoms with Crippen LogP contribution in [0.15, 0.2) is 75.7 Å². The number of rotatable bonds is 6. The van der Waals surface area contributed by atoms with Gasteiger partial charge < -0.3 is 10.1 Å². The summed E-state index contributed by atoms with van der Waals surface area (Å²) >= 11 is 7.00. The maximum absolute atomic E-state index is 6.05. The van der Waals surface area contributed by atoms with Gasteiger partial charge in [0.25, 0.3) is 0 Å². The highest BCUT2D eigenvalue weighted by molar-refractivity contribution is 9.10. The number of ether oxygens (including phenoxy) is 1. The highest BCUT2D eigenvalue weighted by Gasteiger charge is 2.06. The van der Waals surface area contributed by atoms with Crippen LogP contribution in [-0.2, 0) is 13.2 Å². The molecule has 4 heteroatoms. The summed E-state index contributed by atoms with van der Waals surface area (Å²) < 4.78 is 8.17. The van der Waals surface area contributed by atoms with E-state index in [9.17, 15) is 0 Å². The van der Waals surface area contributed by atoms with Crippen molar-refractivity contribution in [2.24, 2.45) is 0 Å². The molecule has 3 aromatic rings. The number of benzene rings is 3. The van der Waals surface area contributed by atoms with Crippen LogP contribution in [0.5, 0.6) is 5.75 Å². The summed E-state index contributed by atoms with van der Waals surface area (Å²) in [5.74, 6) is 0.895. The van der Waals surface area contributed by atoms with Gasteiger partial charge in [-0.15, -0.1) is 0 Å². The minimum absolute atomic E-state index is 0.548. The molecule has 0 saturated carbocycles. The predicted molar refractivity (Wildman–Crippen MR) is 111 cm³/mol. The van der Waals surface area contributed by atoms with Gasteiger partial charge in [0.15, 0.2) is 0 Å². The largest absolute Gasteiger partial charge is 0.489 e. The molecule has 1 N–H and O–H groups in total. The minimum atomic E-state index is 0.548. The summed E-state index contributed by atoms with van der Waals surface area (Å²) in [5, 5.41) is 3.47. The fourth-order valence-electron chi connectivity index (χ4n) is 2.52. The molecule has 0 bridgehead atoms. The van der Waals surface area contributed by atoms with Crippen LogP contribution >= 0.6 is 31.9 Å². The highest BCUT2D eigenvalue weighted by atomic mass is 79.9. The van der Waals surface area contributed by atoms with Gasteiger partial charge in [-0.1, -0.05) is 56.1 Å². The molecule has 0 aliphatic rings. The van der Waals surface area contributed by atoms with Gasteiger partial charge in [0.2, 0.25) is 0 Å². The average Bonchev–Trinajstić information content (AvgIpc) is 2.60. The molecule has 0 heterocycles. The molecule has 25 heavy (non-hydrogen) atoms. The molecule has 3 aromatic carbocycles. The van der Waals surface area contributed by atoms with Gasteiger partial charge in [0.05, 0.1) is 0 Å². The van der Waals surface area contributed by atoms with Gasteiger partial charge in [0.1, 0.15) is 12.4 Å². The van der Waals surface area contributed by atoms with Crippen molar-refractivity contribution in [3.05, 3.63) is 92.4 Å². The molecule has 0 unspecified atom stereocenters. The third-order valence-electron chi connectivity index (χ3n) is 3.83. The molecular formula is C21H19Br2NO. The second-order valence-corrected chi connectivity index (χ2v) is 7.72. The quantitative estimate of drug-likeness (QED) is 0.441. The maximum Gasteiger partial charge on any atom is 0.124 e. The Morgan fingerprint density at radius 3 is 2.40 bits per heavy atom. The normalized spacial score (nSPS) is 10.5. The zero-order chi connectivity index (χ0) is 17.6. The van der Waals surface area contributed by atoms with Crippen molar-refractivity contribution in [2.45, 2.75) is 20.1 Å². The van der Waals surface area contributed by atoms with E-state index in [1.807, 2.05) is 24.3 Å². The molecule has 0 aliphatic heterocycles. The van der Waals surface area contributed by atoms with Gasteiger partial charge in [-0.05, 0) is 60.5 Å². The van der Waals surface area contributed by atoms with Crippen molar-refractivity contribution in [3.63, 3.8) is 0 Å². The van der Waals surface area contributed by atoms with E-state index in [2.05, 4.69) is 86.6 Å². The molecule has 0 fully saturated rings. The van der Waals surface area contributed by atoms with E-state index in [4.69, 9.17) is 4.74 Å². The minimum Gasteiger partial charge on any atom is -0.489 e. The average molecular weight is 461 g/mol. The molecule has 128 valence electrons. The van der Waals surface area contributed by atoms with Gasteiger partial charge in [-0.25, -0.2) is 0 Å². The lowest BCUT2D eigenvalue weighted by Gasteiger charge is -2.14. The molecule has 3 rings (SSSR count). The second kappa shape index (κ2) is 8.54. The summed E-state index contributed by atoms with van der Waals surface area (Å²) in [7, 11) is 0. The molecule has 0 aromatic heterocycles. The van der Waals surface area contributed by atoms with Crippen molar-refractivity contribution in [1.29, 1.82) is 0 Å². The van der Waals surface area contributed by atoms with Gasteiger partial charge in [-0.2, -0.15) is 0 Å². The number of hydrogen-bond acceptors (Lipinski definition) is 2. The van der Waals surface area contributed by atoms with Gasteiger partial charge in [0, 0.05) is 26.7 Å². The lowest BCUT2D eigenvalue weighted by Crippen LogP contribution is -2.04. The lowest BCUT2D eigenvalue weighted by molar-refractivity contribution is 0.303. The van der Waals surface area contributed by atoms with Crippen LogP contribution in [0.25, 0.3) is 0 Å². The zero-order valence-corrected chi connectivity index (χ0v) is 17.1. The maximum atomic E-state index is 6.05. The Hall–Kier alpha value is -1.78. The summed E-state index contributed by atoms with van der Waals surface area (Å²) in [5.41, 5.74) is 4.61. The van der Waals surface area contributed by atoms with E-state index in [1.165, 1.54) is 5.56 Å². The van der Waals surface area contributed by atoms with Gasteiger partial charge >= 0.3 is 0 Å². The Bertz CT molecular complexity index is 847. The smallest absolute Gasteiger partial charge is 0.124 e. The van der Waals surface area contributed by atoms with Crippen molar-refractivity contribution in [1.82, 2.24) is 0 Å². The molecule has 2 nitrogen and oxygen atoms in total. The summed E-state index contributed by atoms with van der Waals surface area (Å²) in [6.07, 6.45) is 0. The topological polar surface area (TPSA) is 21.3 Å². The Kier molecular flexibility index (Phi) is 6.16. The summed E-state index contributed by atoms with van der Waals surface area (Å²) in [4.78, 5) is 0. The monoisotopic (exact) mass is 459 g/mol. The predicted octanol–water partition coefficient (Wildman–Crippen LogP) is 6.71. The van der Waals surface area contributed by atoms with Crippen LogP contribution in [0.1, 0.15) is 16.7 Å². The Balaban J connectivity index is 1.70. The summed E-state index contributed by atoms with van der Waals surface area (Å²) in [6, 6.07) is 22.7. The SMILES string of the molecule is Cc1cccc(NCc2cc(Br)ccc2OCc2ccc(Br)cc2)c1. The first kappa shape index (κ1) is 18.0. The molecule has 0 aliphatic carbocycles. The number of aryl methyl sites for hydroxylation is 1. The Morgan fingerprint density at radius 2 is 1.64 bits per heavy atom. The first-order valence-electron chi connectivity index (χ1n) is 8.06. The first-order chi connectivity index (χ1) is 12.1.